The summed E-state index contributed by atoms with van der Waals surface area (Å²) in [5, 5.41) is 6.09. The van der Waals surface area contributed by atoms with Gasteiger partial charge in [0.2, 0.25) is 0 Å². The lowest BCUT2D eigenvalue weighted by molar-refractivity contribution is -0.123. The fourth-order valence-electron chi connectivity index (χ4n) is 3.39. The molecule has 4 aromatic rings. The second-order valence-corrected chi connectivity index (χ2v) is 7.09. The van der Waals surface area contributed by atoms with Crippen LogP contribution in [-0.4, -0.2) is 12.5 Å². The van der Waals surface area contributed by atoms with Crippen molar-refractivity contribution in [1.82, 2.24) is 5.32 Å². The molecule has 1 amide bonds. The summed E-state index contributed by atoms with van der Waals surface area (Å²) in [6, 6.07) is 20.8. The van der Waals surface area contributed by atoms with Crippen LogP contribution in [0, 0.1) is 6.92 Å². The zero-order chi connectivity index (χ0) is 20.4. The third-order valence-electron chi connectivity index (χ3n) is 4.94. The lowest BCUT2D eigenvalue weighted by atomic mass is 10.0. The largest absolute Gasteiger partial charge is 0.484 e. The summed E-state index contributed by atoms with van der Waals surface area (Å²) in [6.07, 6.45) is 0. The first-order chi connectivity index (χ1) is 14.0. The lowest BCUT2D eigenvalue weighted by Crippen LogP contribution is -2.31. The molecule has 29 heavy (non-hydrogen) atoms. The quantitative estimate of drug-likeness (QED) is 0.512. The van der Waals surface area contributed by atoms with Gasteiger partial charge in [-0.15, -0.1) is 0 Å². The first-order valence-corrected chi connectivity index (χ1v) is 9.45. The van der Waals surface area contributed by atoms with Crippen LogP contribution in [0.3, 0.4) is 0 Å². The summed E-state index contributed by atoms with van der Waals surface area (Å²) < 4.78 is 10.8. The minimum Gasteiger partial charge on any atom is -0.484 e. The number of amides is 1. The monoisotopic (exact) mass is 387 g/mol. The van der Waals surface area contributed by atoms with E-state index >= 15 is 0 Å². The molecular formula is C24H21NO4. The Balaban J connectivity index is 1.41. The number of hydrogen-bond acceptors (Lipinski definition) is 4. The summed E-state index contributed by atoms with van der Waals surface area (Å²) in [5.41, 5.74) is 1.90. The van der Waals surface area contributed by atoms with Crippen LogP contribution in [0.1, 0.15) is 24.1 Å². The number of ether oxygens (including phenoxy) is 1. The van der Waals surface area contributed by atoms with E-state index in [0.29, 0.717) is 11.3 Å². The fraction of sp³-hybridized carbons (Fsp3) is 0.167. The van der Waals surface area contributed by atoms with Gasteiger partial charge in [-0.3, -0.25) is 4.79 Å². The van der Waals surface area contributed by atoms with Gasteiger partial charge in [0.15, 0.2) is 6.61 Å². The highest BCUT2D eigenvalue weighted by Gasteiger charge is 2.11. The summed E-state index contributed by atoms with van der Waals surface area (Å²) in [7, 11) is 0. The number of rotatable bonds is 5. The fourth-order valence-corrected chi connectivity index (χ4v) is 3.39. The smallest absolute Gasteiger partial charge is 0.336 e. The number of carbonyl (C=O) groups is 1. The Hall–Kier alpha value is -3.60. The molecule has 1 aromatic heterocycles. The van der Waals surface area contributed by atoms with E-state index in [-0.39, 0.29) is 18.6 Å². The molecule has 146 valence electrons. The average Bonchev–Trinajstić information content (AvgIpc) is 2.71. The van der Waals surface area contributed by atoms with Crippen molar-refractivity contribution in [1.29, 1.82) is 0 Å². The molecule has 1 unspecified atom stereocenters. The van der Waals surface area contributed by atoms with Crippen molar-refractivity contribution < 1.29 is 13.9 Å². The summed E-state index contributed by atoms with van der Waals surface area (Å²) in [4.78, 5) is 23.9. The number of aryl methyl sites for hydroxylation is 1. The van der Waals surface area contributed by atoms with Crippen molar-refractivity contribution in [2.45, 2.75) is 19.9 Å². The van der Waals surface area contributed by atoms with Gasteiger partial charge in [0.05, 0.1) is 6.04 Å². The zero-order valence-electron chi connectivity index (χ0n) is 16.3. The van der Waals surface area contributed by atoms with Crippen molar-refractivity contribution in [3.63, 3.8) is 0 Å². The molecule has 0 radical (unpaired) electrons. The van der Waals surface area contributed by atoms with Gasteiger partial charge in [0.1, 0.15) is 11.3 Å². The predicted molar refractivity (Wildman–Crippen MR) is 113 cm³/mol. The second-order valence-electron chi connectivity index (χ2n) is 7.09. The van der Waals surface area contributed by atoms with Gasteiger partial charge >= 0.3 is 5.63 Å². The molecule has 0 aliphatic heterocycles. The molecule has 0 aliphatic rings. The van der Waals surface area contributed by atoms with Gasteiger partial charge in [-0.25, -0.2) is 4.79 Å². The Morgan fingerprint density at radius 1 is 1.03 bits per heavy atom. The van der Waals surface area contributed by atoms with E-state index in [0.717, 1.165) is 27.3 Å². The van der Waals surface area contributed by atoms with Crippen LogP contribution in [0.2, 0.25) is 0 Å². The van der Waals surface area contributed by atoms with E-state index in [1.807, 2.05) is 38.1 Å². The van der Waals surface area contributed by atoms with Crippen LogP contribution < -0.4 is 15.7 Å². The average molecular weight is 387 g/mol. The van der Waals surface area contributed by atoms with Crippen molar-refractivity contribution in [2.75, 3.05) is 6.61 Å². The number of benzene rings is 3. The molecule has 4 rings (SSSR count). The Bertz CT molecular complexity index is 1260. The Labute approximate surface area is 167 Å². The summed E-state index contributed by atoms with van der Waals surface area (Å²) >= 11 is 0. The van der Waals surface area contributed by atoms with Gasteiger partial charge in [0, 0.05) is 17.5 Å². The van der Waals surface area contributed by atoms with Gasteiger partial charge in [-0.1, -0.05) is 36.4 Å². The molecule has 0 aliphatic carbocycles. The zero-order valence-corrected chi connectivity index (χ0v) is 16.3. The SMILES string of the molecule is Cc1cc(=O)oc2cc(OCC(=O)NC(C)c3ccc4ccccc4c3)ccc12. The van der Waals surface area contributed by atoms with Crippen LogP contribution in [0.15, 0.2) is 75.9 Å². The Kier molecular flexibility index (Phi) is 5.04. The van der Waals surface area contributed by atoms with E-state index in [1.54, 1.807) is 12.1 Å². The standard InChI is InChI=1S/C24H21NO4/c1-15-11-24(27)29-22-13-20(9-10-21(15)22)28-14-23(26)25-16(2)18-8-7-17-5-3-4-6-19(17)12-18/h3-13,16H,14H2,1-2H3,(H,25,26). The van der Waals surface area contributed by atoms with E-state index < -0.39 is 5.63 Å². The topological polar surface area (TPSA) is 68.5 Å². The molecule has 5 nitrogen and oxygen atoms in total. The predicted octanol–water partition coefficient (Wildman–Crippen LogP) is 4.51. The molecule has 0 spiro atoms. The van der Waals surface area contributed by atoms with Crippen LogP contribution in [0.5, 0.6) is 5.75 Å². The molecule has 1 atom stereocenters. The van der Waals surface area contributed by atoms with Gasteiger partial charge in [-0.05, 0) is 53.9 Å². The van der Waals surface area contributed by atoms with Gasteiger partial charge in [0.25, 0.3) is 5.91 Å². The third kappa shape index (κ3) is 4.14. The van der Waals surface area contributed by atoms with Gasteiger partial charge < -0.3 is 14.5 Å². The molecule has 3 aromatic carbocycles. The Morgan fingerprint density at radius 2 is 1.83 bits per heavy atom. The first kappa shape index (κ1) is 18.7. The second kappa shape index (κ2) is 7.80. The maximum absolute atomic E-state index is 12.3. The van der Waals surface area contributed by atoms with Crippen LogP contribution >= 0.6 is 0 Å². The normalized spacial score (nSPS) is 12.1. The van der Waals surface area contributed by atoms with Crippen molar-refractivity contribution in [2.24, 2.45) is 0 Å². The first-order valence-electron chi connectivity index (χ1n) is 9.45. The van der Waals surface area contributed by atoms with Crippen LogP contribution in [-0.2, 0) is 4.79 Å². The number of nitrogens with one attached hydrogen (secondary N) is 1. The maximum atomic E-state index is 12.3. The van der Waals surface area contributed by atoms with Crippen molar-refractivity contribution in [3.05, 3.63) is 88.3 Å². The van der Waals surface area contributed by atoms with Gasteiger partial charge in [-0.2, -0.15) is 0 Å². The molecule has 0 saturated heterocycles. The highest BCUT2D eigenvalue weighted by molar-refractivity contribution is 5.84. The van der Waals surface area contributed by atoms with Crippen molar-refractivity contribution >= 4 is 27.6 Å². The molecule has 1 N–H and O–H groups in total. The Morgan fingerprint density at radius 3 is 2.66 bits per heavy atom. The number of hydrogen-bond donors (Lipinski definition) is 1. The van der Waals surface area contributed by atoms with E-state index in [9.17, 15) is 9.59 Å². The summed E-state index contributed by atoms with van der Waals surface area (Å²) in [5.74, 6) is 0.246. The summed E-state index contributed by atoms with van der Waals surface area (Å²) in [6.45, 7) is 3.66. The van der Waals surface area contributed by atoms with E-state index in [1.165, 1.54) is 6.07 Å². The molecular weight excluding hydrogens is 366 g/mol. The van der Waals surface area contributed by atoms with Crippen molar-refractivity contribution in [3.8, 4) is 5.75 Å². The van der Waals surface area contributed by atoms with E-state index in [4.69, 9.17) is 9.15 Å². The minimum absolute atomic E-state index is 0.126. The highest BCUT2D eigenvalue weighted by atomic mass is 16.5. The maximum Gasteiger partial charge on any atom is 0.336 e. The highest BCUT2D eigenvalue weighted by Crippen LogP contribution is 2.23. The minimum atomic E-state index is -0.408. The number of carbonyl (C=O) groups excluding carboxylic acids is 1. The third-order valence-corrected chi connectivity index (χ3v) is 4.94. The molecule has 0 fully saturated rings. The molecule has 1 heterocycles. The van der Waals surface area contributed by atoms with Crippen LogP contribution in [0.4, 0.5) is 0 Å². The van der Waals surface area contributed by atoms with E-state index in [2.05, 4.69) is 29.6 Å². The number of fused-ring (bicyclic) bond motifs is 2. The molecule has 5 heteroatoms. The molecule has 0 bridgehead atoms. The van der Waals surface area contributed by atoms with Crippen LogP contribution in [0.25, 0.3) is 21.7 Å². The lowest BCUT2D eigenvalue weighted by Gasteiger charge is -2.15. The molecule has 0 saturated carbocycles.